The number of H-pyrrole nitrogens is 1. The highest BCUT2D eigenvalue weighted by Gasteiger charge is 2.36. The van der Waals surface area contributed by atoms with Crippen molar-refractivity contribution in [2.75, 3.05) is 20.1 Å². The Balaban J connectivity index is 1.41. The Bertz CT molecular complexity index is 1160. The van der Waals surface area contributed by atoms with Crippen LogP contribution in [0, 0.1) is 18.2 Å². The van der Waals surface area contributed by atoms with E-state index in [-0.39, 0.29) is 29.5 Å². The molecule has 0 aliphatic carbocycles. The highest BCUT2D eigenvalue weighted by atomic mass is 19.1. The number of benzene rings is 1. The summed E-state index contributed by atoms with van der Waals surface area (Å²) in [6.07, 6.45) is 4.57. The molecule has 2 atom stereocenters. The average Bonchev–Trinajstić information content (AvgIpc) is 3.13. The number of aromatic amines is 1. The second kappa shape index (κ2) is 9.11. The zero-order valence-corrected chi connectivity index (χ0v) is 19.6. The van der Waals surface area contributed by atoms with Gasteiger partial charge < -0.3 is 25.7 Å². The minimum absolute atomic E-state index is 0.0380. The van der Waals surface area contributed by atoms with Gasteiger partial charge in [0.25, 0.3) is 0 Å². The molecule has 176 valence electrons. The molecule has 0 bridgehead atoms. The summed E-state index contributed by atoms with van der Waals surface area (Å²) >= 11 is 0. The number of nitrogens with two attached hydrogens (primary N) is 1. The van der Waals surface area contributed by atoms with Crippen LogP contribution in [0.25, 0.3) is 11.0 Å². The molecule has 0 saturated carbocycles. The Morgan fingerprint density at radius 1 is 1.39 bits per heavy atom. The first-order valence-corrected chi connectivity index (χ1v) is 11.3. The van der Waals surface area contributed by atoms with Crippen LogP contribution < -0.4 is 15.8 Å². The zero-order chi connectivity index (χ0) is 23.8. The first-order chi connectivity index (χ1) is 15.6. The number of carbonyl (C=O) groups excluding carboxylic acids is 1. The molecule has 1 aliphatic rings. The fourth-order valence-electron chi connectivity index (χ4n) is 4.66. The number of fused-ring (bicyclic) bond motifs is 1. The van der Waals surface area contributed by atoms with Crippen molar-refractivity contribution >= 4 is 16.9 Å². The van der Waals surface area contributed by atoms with Crippen LogP contribution in [-0.4, -0.2) is 53.0 Å². The third kappa shape index (κ3) is 5.02. The second-order valence-corrected chi connectivity index (χ2v) is 9.76. The molecule has 1 amide bonds. The number of amides is 1. The van der Waals surface area contributed by atoms with E-state index in [0.29, 0.717) is 17.0 Å². The van der Waals surface area contributed by atoms with Gasteiger partial charge in [-0.25, -0.2) is 9.37 Å². The number of hydrogen-bond donors (Lipinski definition) is 3. The van der Waals surface area contributed by atoms with Gasteiger partial charge in [0.2, 0.25) is 5.91 Å². The van der Waals surface area contributed by atoms with Crippen molar-refractivity contribution in [3.05, 3.63) is 53.6 Å². The van der Waals surface area contributed by atoms with Gasteiger partial charge in [-0.1, -0.05) is 19.9 Å². The summed E-state index contributed by atoms with van der Waals surface area (Å²) in [6, 6.07) is 5.71. The Morgan fingerprint density at radius 2 is 2.18 bits per heavy atom. The van der Waals surface area contributed by atoms with Crippen molar-refractivity contribution < 1.29 is 13.9 Å². The van der Waals surface area contributed by atoms with Crippen LogP contribution in [0.4, 0.5) is 4.39 Å². The number of carbonyl (C=O) groups is 1. The molecular weight excluding hydrogens is 421 g/mol. The van der Waals surface area contributed by atoms with Gasteiger partial charge >= 0.3 is 0 Å². The number of nitrogens with zero attached hydrogens (tertiary/aromatic N) is 2. The molecule has 4 N–H and O–H groups in total. The van der Waals surface area contributed by atoms with E-state index < -0.39 is 11.9 Å². The van der Waals surface area contributed by atoms with Crippen molar-refractivity contribution in [1.82, 2.24) is 20.2 Å². The lowest BCUT2D eigenvalue weighted by atomic mass is 9.79. The molecule has 1 aliphatic heterocycles. The highest BCUT2D eigenvalue weighted by Crippen LogP contribution is 2.32. The Labute approximate surface area is 193 Å². The van der Waals surface area contributed by atoms with E-state index >= 15 is 0 Å². The van der Waals surface area contributed by atoms with Gasteiger partial charge in [-0.3, -0.25) is 4.79 Å². The van der Waals surface area contributed by atoms with Crippen LogP contribution >= 0.6 is 0 Å². The lowest BCUT2D eigenvalue weighted by Crippen LogP contribution is -2.57. The number of nitrogens with one attached hydrogen (secondary N) is 2. The molecule has 1 aromatic carbocycles. The van der Waals surface area contributed by atoms with Gasteiger partial charge in [-0.15, -0.1) is 0 Å². The fourth-order valence-corrected chi connectivity index (χ4v) is 4.66. The number of halogens is 1. The van der Waals surface area contributed by atoms with Gasteiger partial charge in [0.1, 0.15) is 11.4 Å². The number of pyridine rings is 1. The average molecular weight is 454 g/mol. The first-order valence-electron chi connectivity index (χ1n) is 11.3. The van der Waals surface area contributed by atoms with E-state index in [4.69, 9.17) is 10.5 Å². The maximum atomic E-state index is 14.8. The second-order valence-electron chi connectivity index (χ2n) is 9.76. The minimum atomic E-state index is -0.756. The van der Waals surface area contributed by atoms with Crippen LogP contribution in [0.2, 0.25) is 0 Å². The third-order valence-electron chi connectivity index (χ3n) is 6.48. The summed E-state index contributed by atoms with van der Waals surface area (Å²) in [5.41, 5.74) is 8.43. The van der Waals surface area contributed by atoms with Gasteiger partial charge in [-0.2, -0.15) is 0 Å². The number of aryl methyl sites for hydroxylation is 1. The Kier molecular flexibility index (Phi) is 6.41. The number of hydrogen-bond acceptors (Lipinski definition) is 5. The predicted molar refractivity (Wildman–Crippen MR) is 127 cm³/mol. The van der Waals surface area contributed by atoms with Crippen LogP contribution in [-0.2, 0) is 11.2 Å². The van der Waals surface area contributed by atoms with Crippen molar-refractivity contribution in [3.8, 4) is 11.5 Å². The largest absolute Gasteiger partial charge is 0.453 e. The third-order valence-corrected chi connectivity index (χ3v) is 6.48. The number of likely N-dealkylation sites (tertiary alicyclic amines) is 1. The summed E-state index contributed by atoms with van der Waals surface area (Å²) in [7, 11) is 2.09. The molecule has 1 fully saturated rings. The number of ether oxygens (including phenoxy) is 1. The van der Waals surface area contributed by atoms with Gasteiger partial charge in [-0.05, 0) is 68.1 Å². The fraction of sp³-hybridized carbons (Fsp3) is 0.440. The predicted octanol–water partition coefficient (Wildman–Crippen LogP) is 3.52. The Hall–Kier alpha value is -2.97. The molecule has 3 aromatic rings. The SMILES string of the molecule is Cc1c[nH]c2nccc(Oc3ccc(CC(N)C(=O)NC4CCN(C)CC4(C)C)cc3F)c12. The monoisotopic (exact) mass is 453 g/mol. The quantitative estimate of drug-likeness (QED) is 0.531. The van der Waals surface area contributed by atoms with Crippen molar-refractivity contribution in [1.29, 1.82) is 0 Å². The number of piperidine rings is 1. The molecule has 33 heavy (non-hydrogen) atoms. The van der Waals surface area contributed by atoms with E-state index in [9.17, 15) is 9.18 Å². The summed E-state index contributed by atoms with van der Waals surface area (Å²) in [5.74, 6) is -0.0737. The maximum Gasteiger partial charge on any atom is 0.237 e. The first kappa shape index (κ1) is 23.2. The van der Waals surface area contributed by atoms with Gasteiger partial charge in [0, 0.05) is 25.0 Å². The van der Waals surface area contributed by atoms with E-state index in [2.05, 4.69) is 41.1 Å². The van der Waals surface area contributed by atoms with Gasteiger partial charge in [0.15, 0.2) is 11.6 Å². The molecule has 2 aromatic heterocycles. The number of aromatic nitrogens is 2. The summed E-state index contributed by atoms with van der Waals surface area (Å²) in [6.45, 7) is 8.08. The molecule has 3 heterocycles. The lowest BCUT2D eigenvalue weighted by Gasteiger charge is -2.43. The van der Waals surface area contributed by atoms with E-state index in [1.165, 1.54) is 6.07 Å². The van der Waals surface area contributed by atoms with Crippen LogP contribution in [0.1, 0.15) is 31.4 Å². The standard InChI is InChI=1S/C25H32FN5O2/c1-15-13-29-23-22(15)20(7-9-28-23)33-19-6-5-16(11-17(19)26)12-18(27)24(32)30-21-8-10-31(4)14-25(21,2)3/h5-7,9,11,13,18,21H,8,10,12,14,27H2,1-4H3,(H,28,29)(H,30,32). The van der Waals surface area contributed by atoms with Crippen molar-refractivity contribution in [2.45, 2.75) is 45.7 Å². The van der Waals surface area contributed by atoms with E-state index in [0.717, 1.165) is 30.5 Å². The molecular formula is C25H32FN5O2. The summed E-state index contributed by atoms with van der Waals surface area (Å²) in [4.78, 5) is 22.3. The number of rotatable bonds is 6. The topological polar surface area (TPSA) is 96.3 Å². The smallest absolute Gasteiger partial charge is 0.237 e. The van der Waals surface area contributed by atoms with Crippen molar-refractivity contribution in [3.63, 3.8) is 0 Å². The van der Waals surface area contributed by atoms with E-state index in [1.54, 1.807) is 24.4 Å². The molecule has 4 rings (SSSR count). The lowest BCUT2D eigenvalue weighted by molar-refractivity contribution is -0.124. The molecule has 8 heteroatoms. The van der Waals surface area contributed by atoms with Crippen molar-refractivity contribution in [2.24, 2.45) is 11.1 Å². The van der Waals surface area contributed by atoms with E-state index in [1.807, 2.05) is 13.1 Å². The van der Waals surface area contributed by atoms with Crippen LogP contribution in [0.5, 0.6) is 11.5 Å². The highest BCUT2D eigenvalue weighted by molar-refractivity contribution is 5.86. The molecule has 2 unspecified atom stereocenters. The maximum absolute atomic E-state index is 14.8. The molecule has 0 radical (unpaired) electrons. The molecule has 0 spiro atoms. The molecule has 7 nitrogen and oxygen atoms in total. The minimum Gasteiger partial charge on any atom is -0.453 e. The summed E-state index contributed by atoms with van der Waals surface area (Å²) in [5, 5.41) is 3.93. The molecule has 1 saturated heterocycles. The summed E-state index contributed by atoms with van der Waals surface area (Å²) < 4.78 is 20.7. The van der Waals surface area contributed by atoms with Crippen LogP contribution in [0.3, 0.4) is 0 Å². The normalized spacial score (nSPS) is 19.4. The Morgan fingerprint density at radius 3 is 2.91 bits per heavy atom. The van der Waals surface area contributed by atoms with Crippen LogP contribution in [0.15, 0.2) is 36.7 Å². The van der Waals surface area contributed by atoms with Gasteiger partial charge in [0.05, 0.1) is 11.4 Å². The zero-order valence-electron chi connectivity index (χ0n) is 19.6.